The molecular weight excluding hydrogens is 408 g/mol. The average molecular weight is 445 g/mol. The van der Waals surface area contributed by atoms with Gasteiger partial charge in [0, 0.05) is 37.2 Å². The lowest BCUT2D eigenvalue weighted by Gasteiger charge is -2.33. The third-order valence-corrected chi connectivity index (χ3v) is 8.92. The minimum Gasteiger partial charge on any atom is -0.372 e. The number of hydrogen-bond donors (Lipinski definition) is 1. The van der Waals surface area contributed by atoms with Crippen LogP contribution >= 0.6 is 0 Å². The van der Waals surface area contributed by atoms with Crippen molar-refractivity contribution in [2.45, 2.75) is 81.7 Å². The number of hydrogen-bond acceptors (Lipinski definition) is 4. The van der Waals surface area contributed by atoms with Crippen LogP contribution in [0.1, 0.15) is 69.9 Å². The summed E-state index contributed by atoms with van der Waals surface area (Å²) in [6, 6.07) is 8.06. The van der Waals surface area contributed by atoms with Crippen LogP contribution in [0.5, 0.6) is 0 Å². The molecule has 2 fully saturated rings. The van der Waals surface area contributed by atoms with E-state index in [-0.39, 0.29) is 0 Å². The summed E-state index contributed by atoms with van der Waals surface area (Å²) in [7, 11) is -1.44. The Balaban J connectivity index is 1.52. The molecule has 31 heavy (non-hydrogen) atoms. The summed E-state index contributed by atoms with van der Waals surface area (Å²) < 4.78 is 28.8. The van der Waals surface area contributed by atoms with Gasteiger partial charge in [0.15, 0.2) is 0 Å². The predicted molar refractivity (Wildman–Crippen MR) is 124 cm³/mol. The summed E-state index contributed by atoms with van der Waals surface area (Å²) in [5.74, 6) is 0.433. The molecule has 2 aromatic rings. The highest BCUT2D eigenvalue weighted by Gasteiger charge is 2.29. The van der Waals surface area contributed by atoms with E-state index in [1.807, 2.05) is 12.1 Å². The van der Waals surface area contributed by atoms with Gasteiger partial charge in [-0.2, -0.15) is 4.31 Å². The molecule has 0 atom stereocenters. The lowest BCUT2D eigenvalue weighted by Crippen LogP contribution is -2.36. The quantitative estimate of drug-likeness (QED) is 0.625. The summed E-state index contributed by atoms with van der Waals surface area (Å²) in [6.07, 6.45) is 15.5. The van der Waals surface area contributed by atoms with Crippen molar-refractivity contribution in [2.75, 3.05) is 18.5 Å². The standard InChI is InChI=1S/C24H36N4O2S/c1-27(22-10-6-3-7-11-22)23-12-14-24(15-13-23)31(29,30)28(18-21-16-25-19-26-21)17-20-8-4-2-5-9-20/h12-16,19-20,22H,2-11,17-18H2,1H3,(H,25,26). The van der Waals surface area contributed by atoms with Gasteiger partial charge in [0.05, 0.1) is 17.8 Å². The van der Waals surface area contributed by atoms with Gasteiger partial charge in [-0.1, -0.05) is 38.5 Å². The van der Waals surface area contributed by atoms with Gasteiger partial charge in [0.1, 0.15) is 0 Å². The smallest absolute Gasteiger partial charge is 0.243 e. The minimum atomic E-state index is -3.58. The molecule has 0 amide bonds. The third-order valence-electron chi connectivity index (χ3n) is 7.09. The first kappa shape index (κ1) is 22.3. The summed E-state index contributed by atoms with van der Waals surface area (Å²) >= 11 is 0. The number of sulfonamides is 1. The van der Waals surface area contributed by atoms with Crippen molar-refractivity contribution in [3.63, 3.8) is 0 Å². The molecule has 0 radical (unpaired) electrons. The highest BCUT2D eigenvalue weighted by Crippen LogP contribution is 2.30. The Labute approximate surface area is 187 Å². The molecular formula is C24H36N4O2S. The van der Waals surface area contributed by atoms with E-state index in [1.165, 1.54) is 51.4 Å². The number of aromatic nitrogens is 2. The fourth-order valence-corrected chi connectivity index (χ4v) is 6.64. The normalized spacial score (nSPS) is 19.0. The van der Waals surface area contributed by atoms with Crippen LogP contribution in [0.3, 0.4) is 0 Å². The second kappa shape index (κ2) is 10.2. The van der Waals surface area contributed by atoms with Crippen molar-refractivity contribution in [2.24, 2.45) is 5.92 Å². The Morgan fingerprint density at radius 1 is 0.968 bits per heavy atom. The van der Waals surface area contributed by atoms with Gasteiger partial charge in [-0.3, -0.25) is 0 Å². The van der Waals surface area contributed by atoms with Crippen LogP contribution in [-0.2, 0) is 16.6 Å². The second-order valence-corrected chi connectivity index (χ2v) is 11.2. The molecule has 0 saturated heterocycles. The van der Waals surface area contributed by atoms with Crippen molar-refractivity contribution in [1.82, 2.24) is 14.3 Å². The minimum absolute atomic E-state index is 0.336. The number of rotatable bonds is 8. The first-order valence-electron chi connectivity index (χ1n) is 11.8. The van der Waals surface area contributed by atoms with Crippen LogP contribution in [0.25, 0.3) is 0 Å². The number of anilines is 1. The molecule has 2 aliphatic carbocycles. The van der Waals surface area contributed by atoms with E-state index in [0.717, 1.165) is 24.2 Å². The number of nitrogens with zero attached hydrogens (tertiary/aromatic N) is 3. The van der Waals surface area contributed by atoms with Crippen molar-refractivity contribution < 1.29 is 8.42 Å². The summed E-state index contributed by atoms with van der Waals surface area (Å²) in [5.41, 5.74) is 1.92. The molecule has 0 bridgehead atoms. The van der Waals surface area contributed by atoms with Crippen LogP contribution in [-0.4, -0.2) is 42.3 Å². The molecule has 1 aromatic carbocycles. The molecule has 0 spiro atoms. The molecule has 0 aliphatic heterocycles. The van der Waals surface area contributed by atoms with E-state index in [1.54, 1.807) is 29.0 Å². The van der Waals surface area contributed by atoms with E-state index in [2.05, 4.69) is 21.9 Å². The number of benzene rings is 1. The lowest BCUT2D eigenvalue weighted by atomic mass is 9.89. The monoisotopic (exact) mass is 444 g/mol. The van der Waals surface area contributed by atoms with Crippen molar-refractivity contribution >= 4 is 15.7 Å². The Morgan fingerprint density at radius 3 is 2.23 bits per heavy atom. The Morgan fingerprint density at radius 2 is 1.61 bits per heavy atom. The zero-order valence-corrected chi connectivity index (χ0v) is 19.5. The number of imidazole rings is 1. The Kier molecular flexibility index (Phi) is 7.33. The Bertz CT molecular complexity index is 900. The van der Waals surface area contributed by atoms with Gasteiger partial charge in [0.25, 0.3) is 0 Å². The summed E-state index contributed by atoms with van der Waals surface area (Å²) in [4.78, 5) is 9.83. The first-order chi connectivity index (χ1) is 15.0. The van der Waals surface area contributed by atoms with Gasteiger partial charge in [0.2, 0.25) is 10.0 Å². The van der Waals surface area contributed by atoms with E-state index < -0.39 is 10.0 Å². The topological polar surface area (TPSA) is 69.3 Å². The van der Waals surface area contributed by atoms with Crippen LogP contribution in [0.4, 0.5) is 5.69 Å². The van der Waals surface area contributed by atoms with Gasteiger partial charge in [-0.15, -0.1) is 0 Å². The van der Waals surface area contributed by atoms with E-state index in [0.29, 0.717) is 29.9 Å². The summed E-state index contributed by atoms with van der Waals surface area (Å²) in [6.45, 7) is 0.910. The van der Waals surface area contributed by atoms with Crippen molar-refractivity contribution in [1.29, 1.82) is 0 Å². The van der Waals surface area contributed by atoms with E-state index in [9.17, 15) is 8.42 Å². The molecule has 2 aliphatic rings. The number of H-pyrrole nitrogens is 1. The predicted octanol–water partition coefficient (Wildman–Crippen LogP) is 4.95. The molecule has 170 valence electrons. The molecule has 2 saturated carbocycles. The number of nitrogens with one attached hydrogen (secondary N) is 1. The van der Waals surface area contributed by atoms with E-state index >= 15 is 0 Å². The van der Waals surface area contributed by atoms with Gasteiger partial charge in [-0.25, -0.2) is 13.4 Å². The second-order valence-electron chi connectivity index (χ2n) is 9.28. The zero-order chi connectivity index (χ0) is 21.7. The maximum Gasteiger partial charge on any atom is 0.243 e. The van der Waals surface area contributed by atoms with Gasteiger partial charge in [-0.05, 0) is 55.9 Å². The fourth-order valence-electron chi connectivity index (χ4n) is 5.15. The largest absolute Gasteiger partial charge is 0.372 e. The van der Waals surface area contributed by atoms with Gasteiger partial charge >= 0.3 is 0 Å². The third kappa shape index (κ3) is 5.50. The SMILES string of the molecule is CN(c1ccc(S(=O)(=O)N(Cc2cnc[nH]2)CC2CCCCC2)cc1)C1CCCCC1. The Hall–Kier alpha value is -1.86. The number of aromatic amines is 1. The fraction of sp³-hybridized carbons (Fsp3) is 0.625. The van der Waals surface area contributed by atoms with E-state index in [4.69, 9.17) is 0 Å². The molecule has 4 rings (SSSR count). The molecule has 1 heterocycles. The highest BCUT2D eigenvalue weighted by atomic mass is 32.2. The average Bonchev–Trinajstić information content (AvgIpc) is 3.33. The van der Waals surface area contributed by atoms with Crippen LogP contribution in [0, 0.1) is 5.92 Å². The first-order valence-corrected chi connectivity index (χ1v) is 13.3. The van der Waals surface area contributed by atoms with Crippen LogP contribution in [0.15, 0.2) is 41.7 Å². The molecule has 1 N–H and O–H groups in total. The zero-order valence-electron chi connectivity index (χ0n) is 18.7. The lowest BCUT2D eigenvalue weighted by molar-refractivity contribution is 0.274. The van der Waals surface area contributed by atoms with Crippen LogP contribution in [0.2, 0.25) is 0 Å². The highest BCUT2D eigenvalue weighted by molar-refractivity contribution is 7.89. The summed E-state index contributed by atoms with van der Waals surface area (Å²) in [5, 5.41) is 0. The molecule has 1 aromatic heterocycles. The molecule has 6 nitrogen and oxygen atoms in total. The maximum absolute atomic E-state index is 13.6. The van der Waals surface area contributed by atoms with Crippen LogP contribution < -0.4 is 4.90 Å². The van der Waals surface area contributed by atoms with Crippen molar-refractivity contribution in [3.8, 4) is 0 Å². The molecule has 7 heteroatoms. The van der Waals surface area contributed by atoms with Gasteiger partial charge < -0.3 is 9.88 Å². The molecule has 0 unspecified atom stereocenters. The van der Waals surface area contributed by atoms with Crippen molar-refractivity contribution in [3.05, 3.63) is 42.5 Å². The maximum atomic E-state index is 13.6.